The van der Waals surface area contributed by atoms with Gasteiger partial charge in [-0.15, -0.1) is 26.3 Å². The Kier molecular flexibility index (Phi) is 15.7. The normalized spacial score (nSPS) is 11.0. The number of rotatable bonds is 9. The first-order valence-corrected chi connectivity index (χ1v) is 18.3. The first-order valence-electron chi connectivity index (χ1n) is 17.5. The van der Waals surface area contributed by atoms with Gasteiger partial charge in [-0.05, 0) is 139 Å². The van der Waals surface area contributed by atoms with Crippen molar-refractivity contribution in [1.29, 1.82) is 0 Å². The summed E-state index contributed by atoms with van der Waals surface area (Å²) in [5.74, 6) is -1.79. The van der Waals surface area contributed by atoms with Gasteiger partial charge in [-0.1, -0.05) is 35.3 Å². The first-order chi connectivity index (χ1) is 29.3. The van der Waals surface area contributed by atoms with Crippen molar-refractivity contribution in [2.75, 3.05) is 10.6 Å². The molecule has 20 heteroatoms. The summed E-state index contributed by atoms with van der Waals surface area (Å²) in [6.45, 7) is 0. The second kappa shape index (κ2) is 20.9. The van der Waals surface area contributed by atoms with Gasteiger partial charge in [-0.2, -0.15) is 0 Å². The molecule has 7 rings (SSSR count). The number of ether oxygens (including phenoxy) is 2. The van der Waals surface area contributed by atoms with Crippen LogP contribution in [-0.4, -0.2) is 39.9 Å². The number of aromatic nitrogens is 2. The number of alkyl halides is 6. The summed E-state index contributed by atoms with van der Waals surface area (Å²) in [4.78, 5) is 8.38. The number of anilines is 4. The molecule has 0 spiro atoms. The third kappa shape index (κ3) is 15.5. The smallest absolute Gasteiger partial charge is 0.423 e. The molecule has 8 nitrogen and oxygen atoms in total. The van der Waals surface area contributed by atoms with Crippen molar-refractivity contribution in [3.63, 3.8) is 0 Å². The number of pyridine rings is 2. The van der Waals surface area contributed by atoms with Gasteiger partial charge in [0.15, 0.2) is 0 Å². The molecule has 7 aromatic rings. The number of nitrogens with one attached hydrogen (secondary N) is 2. The van der Waals surface area contributed by atoms with Gasteiger partial charge in [0.2, 0.25) is 0 Å². The number of hydrogen-bond donors (Lipinski definition) is 4. The maximum absolute atomic E-state index is 13.3. The van der Waals surface area contributed by atoms with Crippen LogP contribution in [-0.2, 0) is 0 Å². The van der Waals surface area contributed by atoms with Gasteiger partial charge in [0.1, 0.15) is 39.3 Å². The summed E-state index contributed by atoms with van der Waals surface area (Å²) < 4.78 is 120. The average Bonchev–Trinajstić information content (AvgIpc) is 3.19. The summed E-state index contributed by atoms with van der Waals surface area (Å²) in [6, 6.07) is 33.6. The molecule has 0 saturated carbocycles. The summed E-state index contributed by atoms with van der Waals surface area (Å²) in [7, 11) is -1.51. The minimum Gasteiger partial charge on any atom is -0.423 e. The molecule has 0 aliphatic carbocycles. The molecule has 62 heavy (non-hydrogen) atoms. The average molecular weight is 905 g/mol. The van der Waals surface area contributed by atoms with Crippen LogP contribution in [0.1, 0.15) is 0 Å². The fourth-order valence-corrected chi connectivity index (χ4v) is 5.59. The fraction of sp³-hybridized carbons (Fsp3) is 0.0476. The Balaban J connectivity index is 0.000000204. The number of hydrogen-bond acceptors (Lipinski definition) is 8. The van der Waals surface area contributed by atoms with Crippen LogP contribution in [0.15, 0.2) is 146 Å². The second-order valence-corrected chi connectivity index (χ2v) is 13.2. The zero-order valence-corrected chi connectivity index (χ0v) is 32.7. The van der Waals surface area contributed by atoms with Crippen molar-refractivity contribution in [2.24, 2.45) is 0 Å². The summed E-state index contributed by atoms with van der Waals surface area (Å²) >= 11 is 11.5. The molecule has 0 fully saturated rings. The molecule has 0 aliphatic heterocycles. The molecule has 2 heterocycles. The highest BCUT2D eigenvalue weighted by atomic mass is 35.5. The monoisotopic (exact) mass is 904 g/mol. The van der Waals surface area contributed by atoms with Crippen molar-refractivity contribution in [1.82, 2.24) is 9.97 Å². The zero-order valence-electron chi connectivity index (χ0n) is 31.2. The van der Waals surface area contributed by atoms with Crippen molar-refractivity contribution < 1.29 is 59.0 Å². The predicted molar refractivity (Wildman–Crippen MR) is 218 cm³/mol. The minimum atomic E-state index is -4.77. The molecule has 0 atom stereocenters. The Morgan fingerprint density at radius 3 is 1.13 bits per heavy atom. The molecule has 0 bridgehead atoms. The molecular weight excluding hydrogens is 877 g/mol. The third-order valence-corrected chi connectivity index (χ3v) is 8.18. The second-order valence-electron chi connectivity index (χ2n) is 12.5. The lowest BCUT2D eigenvalue weighted by molar-refractivity contribution is -0.275. The van der Waals surface area contributed by atoms with Crippen molar-refractivity contribution in [2.45, 2.75) is 12.7 Å². The standard InChI is InChI=1S/C24H15F5N2O.C12H7Cl2F3N2O.C6H6BFO2/c25-17-5-1-15(2-6-17)22-13-20(14-23(31-22)16-3-7-18(26)8-4-16)30-19-9-11-21(12-10-19)32-24(27,28)29;13-10-5-8(6-11(14)19-10)18-7-1-3-9(4-2-7)20-12(15,16)17;8-6-3-1-5(2-4-6)7(9)10/h1-14H,(H,30,31);1-6H,(H,18,19);1-4,9-10H. The van der Waals surface area contributed by atoms with E-state index < -0.39 is 19.8 Å². The van der Waals surface area contributed by atoms with Crippen LogP contribution in [0.5, 0.6) is 11.5 Å². The molecule has 5 aromatic carbocycles. The largest absolute Gasteiger partial charge is 0.573 e. The van der Waals surface area contributed by atoms with Crippen LogP contribution in [0, 0.1) is 17.5 Å². The van der Waals surface area contributed by atoms with Gasteiger partial charge in [0.25, 0.3) is 0 Å². The third-order valence-electron chi connectivity index (χ3n) is 7.79. The van der Waals surface area contributed by atoms with Crippen LogP contribution in [0.2, 0.25) is 10.3 Å². The lowest BCUT2D eigenvalue weighted by Gasteiger charge is -2.13. The van der Waals surface area contributed by atoms with Crippen LogP contribution in [0.3, 0.4) is 0 Å². The van der Waals surface area contributed by atoms with Gasteiger partial charge >= 0.3 is 19.8 Å². The molecule has 320 valence electrons. The van der Waals surface area contributed by atoms with E-state index in [2.05, 4.69) is 30.1 Å². The Hall–Kier alpha value is -6.47. The molecular formula is C42H28BCl2F9N4O4. The summed E-state index contributed by atoms with van der Waals surface area (Å²) in [6.07, 6.45) is -9.48. The van der Waals surface area contributed by atoms with Crippen molar-refractivity contribution >= 4 is 58.5 Å². The first kappa shape index (κ1) is 46.6. The van der Waals surface area contributed by atoms with E-state index in [4.69, 9.17) is 33.2 Å². The van der Waals surface area contributed by atoms with Crippen LogP contribution in [0.4, 0.5) is 62.3 Å². The van der Waals surface area contributed by atoms with Crippen LogP contribution >= 0.6 is 23.2 Å². The van der Waals surface area contributed by atoms with E-state index >= 15 is 0 Å². The van der Waals surface area contributed by atoms with E-state index in [1.54, 1.807) is 36.4 Å². The molecule has 4 N–H and O–H groups in total. The van der Waals surface area contributed by atoms with E-state index in [1.807, 2.05) is 0 Å². The highest BCUT2D eigenvalue weighted by molar-refractivity contribution is 6.58. The van der Waals surface area contributed by atoms with E-state index in [9.17, 15) is 39.5 Å². The maximum Gasteiger partial charge on any atom is 0.573 e. The Morgan fingerprint density at radius 1 is 0.452 bits per heavy atom. The van der Waals surface area contributed by atoms with Gasteiger partial charge < -0.3 is 30.2 Å². The Bertz CT molecular complexity index is 2440. The van der Waals surface area contributed by atoms with E-state index in [1.165, 1.54) is 109 Å². The molecule has 2 aromatic heterocycles. The predicted octanol–water partition coefficient (Wildman–Crippen LogP) is 11.9. The van der Waals surface area contributed by atoms with Gasteiger partial charge in [-0.3, -0.25) is 0 Å². The van der Waals surface area contributed by atoms with Gasteiger partial charge in [0, 0.05) is 33.9 Å². The minimum absolute atomic E-state index is 0.206. The summed E-state index contributed by atoms with van der Waals surface area (Å²) in [5, 5.41) is 23.5. The van der Waals surface area contributed by atoms with Crippen LogP contribution < -0.4 is 25.6 Å². The highest BCUT2D eigenvalue weighted by Crippen LogP contribution is 2.31. The topological polar surface area (TPSA) is 109 Å². The molecule has 0 unspecified atom stereocenters. The van der Waals surface area contributed by atoms with Crippen molar-refractivity contribution in [3.8, 4) is 34.0 Å². The molecule has 0 aliphatic rings. The highest BCUT2D eigenvalue weighted by Gasteiger charge is 2.31. The van der Waals surface area contributed by atoms with Crippen molar-refractivity contribution in [3.05, 3.63) is 173 Å². The number of nitrogens with zero attached hydrogens (tertiary/aromatic N) is 2. The number of halogens is 11. The zero-order chi connectivity index (χ0) is 45.0. The SMILES string of the molecule is FC(F)(F)Oc1ccc(Nc2cc(Cl)nc(Cl)c2)cc1.Fc1ccc(-c2cc(Nc3ccc(OC(F)(F)F)cc3)cc(-c3ccc(F)cc3)n2)cc1.OB(O)c1ccc(F)cc1. The van der Waals surface area contributed by atoms with E-state index in [0.717, 1.165) is 0 Å². The lowest BCUT2D eigenvalue weighted by atomic mass is 9.80. The van der Waals surface area contributed by atoms with Gasteiger partial charge in [0.05, 0.1) is 11.4 Å². The van der Waals surface area contributed by atoms with Gasteiger partial charge in [-0.25, -0.2) is 23.1 Å². The molecule has 0 amide bonds. The lowest BCUT2D eigenvalue weighted by Crippen LogP contribution is -2.29. The quantitative estimate of drug-likeness (QED) is 0.0644. The molecule has 0 saturated heterocycles. The van der Waals surface area contributed by atoms with E-state index in [0.29, 0.717) is 50.7 Å². The van der Waals surface area contributed by atoms with E-state index in [-0.39, 0.29) is 39.3 Å². The Morgan fingerprint density at radius 2 is 0.790 bits per heavy atom. The van der Waals surface area contributed by atoms with Crippen LogP contribution in [0.25, 0.3) is 22.5 Å². The summed E-state index contributed by atoms with van der Waals surface area (Å²) in [5.41, 5.74) is 4.90. The maximum atomic E-state index is 13.3. The number of benzene rings is 5. The molecule has 0 radical (unpaired) electrons. The Labute approximate surface area is 357 Å². The fourth-order valence-electron chi connectivity index (χ4n) is 5.12.